The highest BCUT2D eigenvalue weighted by Gasteiger charge is 2.38. The van der Waals surface area contributed by atoms with Gasteiger partial charge in [0.05, 0.1) is 18.5 Å². The van der Waals surface area contributed by atoms with Crippen molar-refractivity contribution in [3.05, 3.63) is 47.0 Å². The largest absolute Gasteiger partial charge is 0.476 e. The van der Waals surface area contributed by atoms with Crippen molar-refractivity contribution < 1.29 is 27.4 Å². The lowest BCUT2D eigenvalue weighted by Crippen LogP contribution is -2.56. The normalized spacial score (nSPS) is 20.4. The summed E-state index contributed by atoms with van der Waals surface area (Å²) in [6.07, 6.45) is 0.202. The van der Waals surface area contributed by atoms with Crippen molar-refractivity contribution in [1.29, 1.82) is 0 Å². The molecule has 0 aromatic heterocycles. The van der Waals surface area contributed by atoms with Crippen LogP contribution in [0.3, 0.4) is 0 Å². The average molecular weight is 494 g/mol. The summed E-state index contributed by atoms with van der Waals surface area (Å²) in [7, 11) is -3.60. The van der Waals surface area contributed by atoms with E-state index in [0.29, 0.717) is 42.6 Å². The molecule has 3 heterocycles. The summed E-state index contributed by atoms with van der Waals surface area (Å²) in [5, 5.41) is 0.398. The minimum Gasteiger partial charge on any atom is -0.476 e. The Morgan fingerprint density at radius 2 is 1.76 bits per heavy atom. The van der Waals surface area contributed by atoms with E-state index >= 15 is 0 Å². The van der Waals surface area contributed by atoms with Crippen LogP contribution < -0.4 is 18.5 Å². The molecule has 1 saturated heterocycles. The maximum Gasteiger partial charge on any atom is 0.265 e. The van der Waals surface area contributed by atoms with Gasteiger partial charge in [0, 0.05) is 37.7 Å². The Labute approximate surface area is 197 Å². The molecule has 0 N–H and O–H groups in total. The fourth-order valence-electron chi connectivity index (χ4n) is 4.29. The van der Waals surface area contributed by atoms with Crippen LogP contribution in [0.1, 0.15) is 5.56 Å². The molecule has 3 aliphatic rings. The Kier molecular flexibility index (Phi) is 5.75. The van der Waals surface area contributed by atoms with Gasteiger partial charge >= 0.3 is 0 Å². The first-order valence-corrected chi connectivity index (χ1v) is 12.8. The van der Waals surface area contributed by atoms with Gasteiger partial charge in [-0.15, -0.1) is 0 Å². The highest BCUT2D eigenvalue weighted by Crippen LogP contribution is 2.37. The predicted molar refractivity (Wildman–Crippen MR) is 122 cm³/mol. The van der Waals surface area contributed by atoms with Crippen LogP contribution in [0, 0.1) is 0 Å². The number of piperazine rings is 1. The third-order valence-corrected chi connectivity index (χ3v) is 7.37. The second-order valence-corrected chi connectivity index (χ2v) is 10.6. The van der Waals surface area contributed by atoms with E-state index in [9.17, 15) is 13.2 Å². The third-order valence-electron chi connectivity index (χ3n) is 5.99. The molecule has 3 aliphatic heterocycles. The highest BCUT2D eigenvalue weighted by molar-refractivity contribution is 7.92. The van der Waals surface area contributed by atoms with Gasteiger partial charge in [-0.05, 0) is 35.9 Å². The van der Waals surface area contributed by atoms with Crippen molar-refractivity contribution in [2.45, 2.75) is 12.6 Å². The summed E-state index contributed by atoms with van der Waals surface area (Å²) in [6, 6.07) is 10.7. The van der Waals surface area contributed by atoms with Gasteiger partial charge in [0.25, 0.3) is 5.91 Å². The van der Waals surface area contributed by atoms with E-state index in [4.69, 9.17) is 25.8 Å². The molecule has 1 amide bonds. The zero-order valence-corrected chi connectivity index (χ0v) is 19.6. The number of ether oxygens (including phenoxy) is 3. The van der Waals surface area contributed by atoms with E-state index in [1.807, 2.05) is 18.2 Å². The molecule has 0 spiro atoms. The summed E-state index contributed by atoms with van der Waals surface area (Å²) < 4.78 is 42.6. The van der Waals surface area contributed by atoms with Crippen LogP contribution in [-0.4, -0.2) is 76.0 Å². The lowest BCUT2D eigenvalue weighted by atomic mass is 10.1. The van der Waals surface area contributed by atoms with Gasteiger partial charge in [0.15, 0.2) is 17.6 Å². The molecule has 9 nitrogen and oxygen atoms in total. The molecule has 0 bridgehead atoms. The van der Waals surface area contributed by atoms with Crippen LogP contribution in [0.4, 0.5) is 5.69 Å². The minimum absolute atomic E-state index is 0.0809. The first-order valence-electron chi connectivity index (χ1n) is 10.6. The fraction of sp³-hybridized carbons (Fsp3) is 0.409. The van der Waals surface area contributed by atoms with Gasteiger partial charge in [0.2, 0.25) is 16.8 Å². The van der Waals surface area contributed by atoms with Crippen molar-refractivity contribution in [3.63, 3.8) is 0 Å². The molecule has 0 saturated carbocycles. The average Bonchev–Trinajstić information content (AvgIpc) is 3.26. The minimum atomic E-state index is -3.60. The topological polar surface area (TPSA) is 88.6 Å². The highest BCUT2D eigenvalue weighted by atomic mass is 35.5. The standard InChI is InChI=1S/C22H24ClN3O6S/c1-33(28,29)26-13-21(32-18-5-3-16(23)11-17(18)26)22(27)25-8-6-24(7-9-25)12-15-2-4-19-20(10-15)31-14-30-19/h2-5,10-11,21H,6-9,12-14H2,1H3/t21-/m0/s1. The number of rotatable bonds is 4. The Bertz CT molecular complexity index is 1180. The number of amides is 1. The predicted octanol–water partition coefficient (Wildman–Crippen LogP) is 1.94. The molecule has 0 radical (unpaired) electrons. The van der Waals surface area contributed by atoms with E-state index in [-0.39, 0.29) is 19.2 Å². The third kappa shape index (κ3) is 4.55. The van der Waals surface area contributed by atoms with E-state index < -0.39 is 16.1 Å². The number of sulfonamides is 1. The summed E-state index contributed by atoms with van der Waals surface area (Å²) in [6.45, 7) is 3.39. The number of hydrogen-bond donors (Lipinski definition) is 0. The van der Waals surface area contributed by atoms with Crippen molar-refractivity contribution in [3.8, 4) is 17.2 Å². The van der Waals surface area contributed by atoms with Crippen LogP contribution in [0.25, 0.3) is 0 Å². The van der Waals surface area contributed by atoms with E-state index in [1.54, 1.807) is 17.0 Å². The van der Waals surface area contributed by atoms with Crippen LogP contribution >= 0.6 is 11.6 Å². The number of carbonyl (C=O) groups excluding carboxylic acids is 1. The van der Waals surface area contributed by atoms with Crippen LogP contribution in [0.15, 0.2) is 36.4 Å². The summed E-state index contributed by atoms with van der Waals surface area (Å²) in [4.78, 5) is 17.2. The lowest BCUT2D eigenvalue weighted by molar-refractivity contribution is -0.140. The van der Waals surface area contributed by atoms with Crippen molar-refractivity contribution in [2.24, 2.45) is 0 Å². The Morgan fingerprint density at radius 1 is 1.03 bits per heavy atom. The molecule has 11 heteroatoms. The van der Waals surface area contributed by atoms with Gasteiger partial charge in [0.1, 0.15) is 5.75 Å². The summed E-state index contributed by atoms with van der Waals surface area (Å²) in [5.41, 5.74) is 1.47. The molecular weight excluding hydrogens is 470 g/mol. The second-order valence-electron chi connectivity index (χ2n) is 8.30. The maximum absolute atomic E-state index is 13.2. The number of anilines is 1. The van der Waals surface area contributed by atoms with E-state index in [2.05, 4.69) is 4.90 Å². The molecular formula is C22H24ClN3O6S. The number of fused-ring (bicyclic) bond motifs is 2. The Hall–Kier alpha value is -2.69. The quantitative estimate of drug-likeness (QED) is 0.643. The Balaban J connectivity index is 1.23. The summed E-state index contributed by atoms with van der Waals surface area (Å²) in [5.74, 6) is 1.63. The van der Waals surface area contributed by atoms with Gasteiger partial charge in [-0.1, -0.05) is 17.7 Å². The smallest absolute Gasteiger partial charge is 0.265 e. The monoisotopic (exact) mass is 493 g/mol. The van der Waals surface area contributed by atoms with Crippen molar-refractivity contribution >= 4 is 33.2 Å². The molecule has 0 aliphatic carbocycles. The van der Waals surface area contributed by atoms with Crippen molar-refractivity contribution in [1.82, 2.24) is 9.80 Å². The van der Waals surface area contributed by atoms with Gasteiger partial charge in [-0.3, -0.25) is 14.0 Å². The maximum atomic E-state index is 13.2. The zero-order valence-electron chi connectivity index (χ0n) is 18.1. The number of halogens is 1. The molecule has 0 unspecified atom stereocenters. The van der Waals surface area contributed by atoms with Gasteiger partial charge in [-0.25, -0.2) is 8.42 Å². The number of nitrogens with zero attached hydrogens (tertiary/aromatic N) is 3. The number of benzene rings is 2. The van der Waals surface area contributed by atoms with Crippen LogP contribution in [-0.2, 0) is 21.4 Å². The first kappa shape index (κ1) is 22.1. The SMILES string of the molecule is CS(=O)(=O)N1C[C@@H](C(=O)N2CCN(Cc3ccc4c(c3)OCO4)CC2)Oc2ccc(Cl)cc21. The van der Waals surface area contributed by atoms with Gasteiger partial charge in [-0.2, -0.15) is 0 Å². The van der Waals surface area contributed by atoms with Crippen molar-refractivity contribution in [2.75, 3.05) is 50.1 Å². The van der Waals surface area contributed by atoms with Crippen LogP contribution in [0.2, 0.25) is 5.02 Å². The van der Waals surface area contributed by atoms with Crippen LogP contribution in [0.5, 0.6) is 17.2 Å². The lowest BCUT2D eigenvalue weighted by Gasteiger charge is -2.39. The van der Waals surface area contributed by atoms with E-state index in [0.717, 1.165) is 29.9 Å². The second kappa shape index (κ2) is 8.58. The first-order chi connectivity index (χ1) is 15.8. The fourth-order valence-corrected chi connectivity index (χ4v) is 5.37. The molecule has 1 fully saturated rings. The Morgan fingerprint density at radius 3 is 2.52 bits per heavy atom. The molecule has 2 aromatic carbocycles. The number of carbonyl (C=O) groups is 1. The van der Waals surface area contributed by atoms with E-state index in [1.165, 1.54) is 10.4 Å². The number of hydrogen-bond acceptors (Lipinski definition) is 7. The zero-order chi connectivity index (χ0) is 23.2. The molecule has 1 atom stereocenters. The molecule has 33 heavy (non-hydrogen) atoms. The summed E-state index contributed by atoms with van der Waals surface area (Å²) >= 11 is 6.04. The molecule has 5 rings (SSSR count). The molecule has 176 valence electrons. The van der Waals surface area contributed by atoms with Gasteiger partial charge < -0.3 is 19.1 Å². The molecule has 2 aromatic rings.